The van der Waals surface area contributed by atoms with Crippen molar-refractivity contribution in [1.29, 1.82) is 0 Å². The normalized spacial score (nSPS) is 10.9. The largest absolute Gasteiger partial charge is 0.427 e. The first-order valence-corrected chi connectivity index (χ1v) is 8.13. The summed E-state index contributed by atoms with van der Waals surface area (Å²) in [5.41, 5.74) is 1.43. The molecule has 0 spiro atoms. The summed E-state index contributed by atoms with van der Waals surface area (Å²) in [4.78, 5) is 34.3. The third kappa shape index (κ3) is 4.70. The van der Waals surface area contributed by atoms with E-state index in [1.165, 1.54) is 25.1 Å². The van der Waals surface area contributed by atoms with Gasteiger partial charge in [0.2, 0.25) is 0 Å². The number of carbonyl (C=O) groups is 2. The van der Waals surface area contributed by atoms with E-state index in [0.717, 1.165) is 16.5 Å². The molecule has 0 aliphatic heterocycles. The number of rotatable bonds is 4. The molecule has 0 radical (unpaired) electrons. The van der Waals surface area contributed by atoms with E-state index >= 15 is 0 Å². The van der Waals surface area contributed by atoms with Crippen molar-refractivity contribution in [3.05, 3.63) is 76.2 Å². The molecule has 0 amide bonds. The van der Waals surface area contributed by atoms with Gasteiger partial charge in [0.15, 0.2) is 0 Å². The maximum absolute atomic E-state index is 12.0. The van der Waals surface area contributed by atoms with Crippen LogP contribution in [0.25, 0.3) is 17.0 Å². The lowest BCUT2D eigenvalue weighted by atomic mass is 10.1. The fourth-order valence-electron chi connectivity index (χ4n) is 2.50. The minimum absolute atomic E-state index is 0.274. The number of hydrogen-bond donors (Lipinski definition) is 0. The fraction of sp³-hybridized carbons (Fsp3) is 0.0952. The smallest absolute Gasteiger partial charge is 0.336 e. The summed E-state index contributed by atoms with van der Waals surface area (Å²) in [6, 6.07) is 12.9. The lowest BCUT2D eigenvalue weighted by molar-refractivity contribution is -0.132. The molecule has 0 saturated heterocycles. The van der Waals surface area contributed by atoms with Crippen LogP contribution in [0.2, 0.25) is 0 Å². The van der Waals surface area contributed by atoms with E-state index in [0.29, 0.717) is 11.3 Å². The van der Waals surface area contributed by atoms with Crippen LogP contribution < -0.4 is 15.1 Å². The zero-order valence-corrected chi connectivity index (χ0v) is 14.7. The monoisotopic (exact) mass is 364 g/mol. The van der Waals surface area contributed by atoms with E-state index in [9.17, 15) is 14.4 Å². The molecule has 0 bridgehead atoms. The number of ether oxygens (including phenoxy) is 2. The number of fused-ring (bicyclic) bond motifs is 1. The van der Waals surface area contributed by atoms with Crippen molar-refractivity contribution in [2.24, 2.45) is 0 Å². The van der Waals surface area contributed by atoms with Crippen molar-refractivity contribution < 1.29 is 23.5 Å². The Hall–Kier alpha value is -3.67. The van der Waals surface area contributed by atoms with E-state index in [2.05, 4.69) is 0 Å². The van der Waals surface area contributed by atoms with Crippen molar-refractivity contribution in [2.75, 3.05) is 0 Å². The Kier molecular flexibility index (Phi) is 5.17. The molecule has 0 N–H and O–H groups in total. The summed E-state index contributed by atoms with van der Waals surface area (Å²) < 4.78 is 15.3. The molecule has 0 unspecified atom stereocenters. The second-order valence-corrected chi connectivity index (χ2v) is 5.82. The van der Waals surface area contributed by atoms with E-state index in [1.54, 1.807) is 49.4 Å². The first kappa shape index (κ1) is 18.1. The zero-order valence-electron chi connectivity index (χ0n) is 14.7. The highest BCUT2D eigenvalue weighted by Gasteiger charge is 2.06. The molecule has 27 heavy (non-hydrogen) atoms. The average Bonchev–Trinajstić information content (AvgIpc) is 2.60. The lowest BCUT2D eigenvalue weighted by Crippen LogP contribution is -2.04. The van der Waals surface area contributed by atoms with Crippen LogP contribution in [0.3, 0.4) is 0 Å². The third-order valence-electron chi connectivity index (χ3n) is 3.69. The number of hydrogen-bond acceptors (Lipinski definition) is 6. The first-order valence-electron chi connectivity index (χ1n) is 8.13. The lowest BCUT2D eigenvalue weighted by Gasteiger charge is -2.04. The molecule has 1 aromatic heterocycles. The quantitative estimate of drug-likeness (QED) is 0.304. The molecule has 6 nitrogen and oxygen atoms in total. The van der Waals surface area contributed by atoms with Crippen LogP contribution in [0.4, 0.5) is 0 Å². The predicted molar refractivity (Wildman–Crippen MR) is 99.6 cm³/mol. The average molecular weight is 364 g/mol. The topological polar surface area (TPSA) is 82.8 Å². The minimum atomic E-state index is -0.576. The van der Waals surface area contributed by atoms with Gasteiger partial charge in [-0.25, -0.2) is 9.59 Å². The van der Waals surface area contributed by atoms with Crippen molar-refractivity contribution in [3.63, 3.8) is 0 Å². The maximum Gasteiger partial charge on any atom is 0.336 e. The van der Waals surface area contributed by atoms with Crippen LogP contribution in [-0.2, 0) is 9.59 Å². The molecule has 6 heteroatoms. The first-order chi connectivity index (χ1) is 12.9. The Morgan fingerprint density at radius 2 is 1.67 bits per heavy atom. The zero-order chi connectivity index (χ0) is 19.4. The van der Waals surface area contributed by atoms with Crippen molar-refractivity contribution in [2.45, 2.75) is 13.8 Å². The van der Waals surface area contributed by atoms with Gasteiger partial charge in [-0.1, -0.05) is 12.1 Å². The Morgan fingerprint density at radius 3 is 2.37 bits per heavy atom. The van der Waals surface area contributed by atoms with Crippen molar-refractivity contribution in [3.8, 4) is 11.5 Å². The molecule has 136 valence electrons. The van der Waals surface area contributed by atoms with Gasteiger partial charge in [0.25, 0.3) is 0 Å². The highest BCUT2D eigenvalue weighted by atomic mass is 16.5. The Bertz CT molecular complexity index is 1090. The maximum atomic E-state index is 12.0. The fourth-order valence-corrected chi connectivity index (χ4v) is 2.50. The second-order valence-electron chi connectivity index (χ2n) is 5.82. The molecular formula is C21H16O6. The highest BCUT2D eigenvalue weighted by Crippen LogP contribution is 2.22. The van der Waals surface area contributed by atoms with Gasteiger partial charge in [-0.3, -0.25) is 4.79 Å². The highest BCUT2D eigenvalue weighted by molar-refractivity contribution is 5.89. The van der Waals surface area contributed by atoms with Crippen LogP contribution in [-0.4, -0.2) is 11.9 Å². The third-order valence-corrected chi connectivity index (χ3v) is 3.69. The molecule has 0 atom stereocenters. The molecule has 1 heterocycles. The summed E-state index contributed by atoms with van der Waals surface area (Å²) in [6.07, 6.45) is 2.85. The van der Waals surface area contributed by atoms with E-state index in [1.807, 2.05) is 0 Å². The van der Waals surface area contributed by atoms with Gasteiger partial charge in [0.05, 0.1) is 0 Å². The minimum Gasteiger partial charge on any atom is -0.427 e. The number of aryl methyl sites for hydroxylation is 1. The molecule has 3 aromatic rings. The molecule has 2 aromatic carbocycles. The molecule has 0 aliphatic rings. The molecule has 0 saturated carbocycles. The van der Waals surface area contributed by atoms with E-state index in [4.69, 9.17) is 13.9 Å². The molecular weight excluding hydrogens is 348 g/mol. The van der Waals surface area contributed by atoms with Gasteiger partial charge in [-0.2, -0.15) is 0 Å². The van der Waals surface area contributed by atoms with Gasteiger partial charge >= 0.3 is 17.6 Å². The summed E-state index contributed by atoms with van der Waals surface area (Å²) in [5.74, 6) is -0.275. The van der Waals surface area contributed by atoms with Crippen LogP contribution in [0.15, 0.2) is 63.8 Å². The summed E-state index contributed by atoms with van der Waals surface area (Å²) in [7, 11) is 0. The SMILES string of the molecule is CC(=O)Oc1ccc(/C=C/C(=O)Oc2ccc3c(C)cc(=O)oc3c2)cc1. The van der Waals surface area contributed by atoms with Gasteiger partial charge in [-0.05, 0) is 48.4 Å². The van der Waals surface area contributed by atoms with Gasteiger partial charge in [0, 0.05) is 30.5 Å². The van der Waals surface area contributed by atoms with Gasteiger partial charge in [0.1, 0.15) is 17.1 Å². The van der Waals surface area contributed by atoms with E-state index < -0.39 is 17.6 Å². The van der Waals surface area contributed by atoms with Crippen LogP contribution in [0, 0.1) is 6.92 Å². The van der Waals surface area contributed by atoms with Gasteiger partial charge < -0.3 is 13.9 Å². The van der Waals surface area contributed by atoms with Crippen LogP contribution in [0.1, 0.15) is 18.1 Å². The van der Waals surface area contributed by atoms with Crippen molar-refractivity contribution >= 4 is 29.0 Å². The van der Waals surface area contributed by atoms with Crippen LogP contribution >= 0.6 is 0 Å². The summed E-state index contributed by atoms with van der Waals surface area (Å²) in [6.45, 7) is 3.13. The second kappa shape index (κ2) is 7.70. The molecule has 0 fully saturated rings. The Morgan fingerprint density at radius 1 is 0.963 bits per heavy atom. The number of benzene rings is 2. The summed E-state index contributed by atoms with van der Waals surface area (Å²) >= 11 is 0. The predicted octanol–water partition coefficient (Wildman–Crippen LogP) is 3.65. The number of esters is 2. The van der Waals surface area contributed by atoms with Crippen LogP contribution in [0.5, 0.6) is 11.5 Å². The number of carbonyl (C=O) groups excluding carboxylic acids is 2. The van der Waals surface area contributed by atoms with E-state index in [-0.39, 0.29) is 5.75 Å². The van der Waals surface area contributed by atoms with Gasteiger partial charge in [-0.15, -0.1) is 0 Å². The molecule has 0 aliphatic carbocycles. The molecule has 3 rings (SSSR count). The Labute approximate surface area is 154 Å². The van der Waals surface area contributed by atoms with Crippen molar-refractivity contribution in [1.82, 2.24) is 0 Å². The summed E-state index contributed by atoms with van der Waals surface area (Å²) in [5, 5.41) is 0.776. The Balaban J connectivity index is 1.70. The standard InChI is InChI=1S/C21H16O6/c1-13-11-21(24)27-19-12-17(8-9-18(13)19)26-20(23)10-5-15-3-6-16(7-4-15)25-14(2)22/h3-12H,1-2H3/b10-5+.